The SMILES string of the molecule is COc1ccc(COCC(F)F)cc1Br. The van der Waals surface area contributed by atoms with E-state index < -0.39 is 13.0 Å². The molecule has 0 saturated carbocycles. The minimum Gasteiger partial charge on any atom is -0.496 e. The highest BCUT2D eigenvalue weighted by Crippen LogP contribution is 2.25. The molecule has 0 unspecified atom stereocenters. The largest absolute Gasteiger partial charge is 0.496 e. The molecule has 15 heavy (non-hydrogen) atoms. The molecule has 0 aliphatic heterocycles. The van der Waals surface area contributed by atoms with Crippen molar-refractivity contribution in [1.82, 2.24) is 0 Å². The number of ether oxygens (including phenoxy) is 2. The maximum atomic E-state index is 11.8. The van der Waals surface area contributed by atoms with Gasteiger partial charge in [0.05, 0.1) is 18.2 Å². The molecule has 0 spiro atoms. The number of methoxy groups -OCH3 is 1. The minimum absolute atomic E-state index is 0.174. The third kappa shape index (κ3) is 4.13. The molecule has 1 aromatic rings. The van der Waals surface area contributed by atoms with Gasteiger partial charge in [0, 0.05) is 0 Å². The predicted octanol–water partition coefficient (Wildman–Crippen LogP) is 3.24. The van der Waals surface area contributed by atoms with E-state index in [4.69, 9.17) is 9.47 Å². The molecule has 0 atom stereocenters. The Morgan fingerprint density at radius 3 is 2.67 bits per heavy atom. The van der Waals surface area contributed by atoms with Crippen LogP contribution in [0.25, 0.3) is 0 Å². The van der Waals surface area contributed by atoms with Gasteiger partial charge in [-0.15, -0.1) is 0 Å². The first kappa shape index (κ1) is 12.4. The first-order chi connectivity index (χ1) is 7.13. The van der Waals surface area contributed by atoms with E-state index in [1.54, 1.807) is 25.3 Å². The lowest BCUT2D eigenvalue weighted by molar-refractivity contribution is 0.00985. The molecule has 0 heterocycles. The van der Waals surface area contributed by atoms with E-state index in [2.05, 4.69) is 15.9 Å². The van der Waals surface area contributed by atoms with E-state index in [1.807, 2.05) is 0 Å². The monoisotopic (exact) mass is 280 g/mol. The molecule has 0 bridgehead atoms. The fourth-order valence-corrected chi connectivity index (χ4v) is 1.65. The number of rotatable bonds is 5. The van der Waals surface area contributed by atoms with E-state index in [0.29, 0.717) is 5.75 Å². The van der Waals surface area contributed by atoms with Gasteiger partial charge >= 0.3 is 0 Å². The molecule has 0 saturated heterocycles. The van der Waals surface area contributed by atoms with Gasteiger partial charge in [-0.2, -0.15) is 0 Å². The first-order valence-electron chi connectivity index (χ1n) is 4.31. The quantitative estimate of drug-likeness (QED) is 0.825. The van der Waals surface area contributed by atoms with Crippen molar-refractivity contribution < 1.29 is 18.3 Å². The third-order valence-electron chi connectivity index (χ3n) is 1.73. The molecule has 0 amide bonds. The third-order valence-corrected chi connectivity index (χ3v) is 2.35. The second-order valence-electron chi connectivity index (χ2n) is 2.88. The van der Waals surface area contributed by atoms with Crippen molar-refractivity contribution in [3.8, 4) is 5.75 Å². The Morgan fingerprint density at radius 2 is 2.13 bits per heavy atom. The van der Waals surface area contributed by atoms with Crippen LogP contribution in [0.1, 0.15) is 5.56 Å². The highest BCUT2D eigenvalue weighted by Gasteiger charge is 2.04. The topological polar surface area (TPSA) is 18.5 Å². The van der Waals surface area contributed by atoms with E-state index in [-0.39, 0.29) is 6.61 Å². The maximum Gasteiger partial charge on any atom is 0.261 e. The molecule has 0 aliphatic rings. The van der Waals surface area contributed by atoms with Crippen molar-refractivity contribution in [3.63, 3.8) is 0 Å². The Kier molecular flexibility index (Phi) is 4.98. The predicted molar refractivity (Wildman–Crippen MR) is 56.4 cm³/mol. The van der Waals surface area contributed by atoms with Crippen molar-refractivity contribution in [2.45, 2.75) is 13.0 Å². The Hall–Kier alpha value is -0.680. The summed E-state index contributed by atoms with van der Waals surface area (Å²) in [4.78, 5) is 0. The van der Waals surface area contributed by atoms with Crippen LogP contribution in [0, 0.1) is 0 Å². The summed E-state index contributed by atoms with van der Waals surface area (Å²) in [5, 5.41) is 0. The van der Waals surface area contributed by atoms with Crippen molar-refractivity contribution in [1.29, 1.82) is 0 Å². The maximum absolute atomic E-state index is 11.8. The Balaban J connectivity index is 2.52. The van der Waals surface area contributed by atoms with Gasteiger partial charge in [0.1, 0.15) is 12.4 Å². The molecule has 2 nitrogen and oxygen atoms in total. The average molecular weight is 281 g/mol. The van der Waals surface area contributed by atoms with Crippen LogP contribution in [0.15, 0.2) is 22.7 Å². The average Bonchev–Trinajstić information content (AvgIpc) is 2.17. The minimum atomic E-state index is -2.42. The zero-order valence-corrected chi connectivity index (χ0v) is 9.76. The number of hydrogen-bond acceptors (Lipinski definition) is 2. The molecule has 0 radical (unpaired) electrons. The first-order valence-corrected chi connectivity index (χ1v) is 5.11. The van der Waals surface area contributed by atoms with Crippen LogP contribution < -0.4 is 4.74 Å². The van der Waals surface area contributed by atoms with Gasteiger partial charge in [0.2, 0.25) is 0 Å². The van der Waals surface area contributed by atoms with Crippen LogP contribution in [-0.2, 0) is 11.3 Å². The highest BCUT2D eigenvalue weighted by atomic mass is 79.9. The van der Waals surface area contributed by atoms with Gasteiger partial charge in [-0.1, -0.05) is 6.07 Å². The summed E-state index contributed by atoms with van der Waals surface area (Å²) < 4.78 is 34.2. The lowest BCUT2D eigenvalue weighted by Gasteiger charge is -2.07. The van der Waals surface area contributed by atoms with Gasteiger partial charge in [-0.3, -0.25) is 0 Å². The van der Waals surface area contributed by atoms with Crippen LogP contribution in [-0.4, -0.2) is 20.1 Å². The summed E-state index contributed by atoms with van der Waals surface area (Å²) in [5.41, 5.74) is 0.823. The zero-order valence-electron chi connectivity index (χ0n) is 8.17. The molecule has 0 aliphatic carbocycles. The molecule has 84 valence electrons. The van der Waals surface area contributed by atoms with Gasteiger partial charge < -0.3 is 9.47 Å². The van der Waals surface area contributed by atoms with E-state index in [9.17, 15) is 8.78 Å². The van der Waals surface area contributed by atoms with Crippen LogP contribution in [0.2, 0.25) is 0 Å². The Bertz CT molecular complexity index is 318. The van der Waals surface area contributed by atoms with Gasteiger partial charge in [0.25, 0.3) is 6.43 Å². The molecule has 5 heteroatoms. The summed E-state index contributed by atoms with van der Waals surface area (Å²) >= 11 is 3.30. The van der Waals surface area contributed by atoms with Gasteiger partial charge in [0.15, 0.2) is 0 Å². The molecule has 1 aromatic carbocycles. The molecule has 0 aromatic heterocycles. The second-order valence-corrected chi connectivity index (χ2v) is 3.73. The van der Waals surface area contributed by atoms with Crippen LogP contribution in [0.4, 0.5) is 8.78 Å². The van der Waals surface area contributed by atoms with Crippen LogP contribution >= 0.6 is 15.9 Å². The van der Waals surface area contributed by atoms with Crippen LogP contribution in [0.5, 0.6) is 5.75 Å². The normalized spacial score (nSPS) is 10.7. The zero-order chi connectivity index (χ0) is 11.3. The summed E-state index contributed by atoms with van der Waals surface area (Å²) in [6.45, 7) is -0.365. The fraction of sp³-hybridized carbons (Fsp3) is 0.400. The van der Waals surface area contributed by atoms with Gasteiger partial charge in [-0.25, -0.2) is 8.78 Å². The van der Waals surface area contributed by atoms with Crippen LogP contribution in [0.3, 0.4) is 0 Å². The summed E-state index contributed by atoms with van der Waals surface area (Å²) in [6, 6.07) is 5.31. The second kappa shape index (κ2) is 6.02. The fourth-order valence-electron chi connectivity index (χ4n) is 1.07. The standard InChI is InChI=1S/C10H11BrF2O2/c1-14-9-3-2-7(4-8(9)11)5-15-6-10(12)13/h2-4,10H,5-6H2,1H3. The lowest BCUT2D eigenvalue weighted by atomic mass is 10.2. The highest BCUT2D eigenvalue weighted by molar-refractivity contribution is 9.10. The molecule has 0 N–H and O–H groups in total. The van der Waals surface area contributed by atoms with Crippen molar-refractivity contribution in [2.75, 3.05) is 13.7 Å². The molecule has 1 rings (SSSR count). The smallest absolute Gasteiger partial charge is 0.261 e. The number of benzene rings is 1. The van der Waals surface area contributed by atoms with Crippen molar-refractivity contribution in [3.05, 3.63) is 28.2 Å². The van der Waals surface area contributed by atoms with Crippen molar-refractivity contribution >= 4 is 15.9 Å². The molecular formula is C10H11BrF2O2. The molecule has 0 fully saturated rings. The number of hydrogen-bond donors (Lipinski definition) is 0. The van der Waals surface area contributed by atoms with Crippen molar-refractivity contribution in [2.24, 2.45) is 0 Å². The molecular weight excluding hydrogens is 270 g/mol. The Labute approximate surface area is 95.3 Å². The summed E-state index contributed by atoms with van der Waals surface area (Å²) in [6.07, 6.45) is -2.42. The summed E-state index contributed by atoms with van der Waals surface area (Å²) in [5.74, 6) is 0.701. The van der Waals surface area contributed by atoms with E-state index in [1.165, 1.54) is 0 Å². The van der Waals surface area contributed by atoms with E-state index in [0.717, 1.165) is 10.0 Å². The number of alkyl halides is 2. The Morgan fingerprint density at radius 1 is 1.40 bits per heavy atom. The van der Waals surface area contributed by atoms with Gasteiger partial charge in [-0.05, 0) is 33.6 Å². The van der Waals surface area contributed by atoms with E-state index >= 15 is 0 Å². The number of halogens is 3. The lowest BCUT2D eigenvalue weighted by Crippen LogP contribution is -2.04. The summed E-state index contributed by atoms with van der Waals surface area (Å²) in [7, 11) is 1.56.